The summed E-state index contributed by atoms with van der Waals surface area (Å²) in [5.74, 6) is -0.387. The zero-order valence-electron chi connectivity index (χ0n) is 16.5. The molecule has 1 fully saturated rings. The highest BCUT2D eigenvalue weighted by Gasteiger charge is 2.27. The molecule has 1 unspecified atom stereocenters. The van der Waals surface area contributed by atoms with Gasteiger partial charge in [0.2, 0.25) is 0 Å². The molecular formula is C23H25N3O3. The summed E-state index contributed by atoms with van der Waals surface area (Å²) in [4.78, 5) is 38.3. The predicted molar refractivity (Wildman–Crippen MR) is 110 cm³/mol. The molecule has 2 aromatic rings. The number of carbonyl (C=O) groups is 3. The Morgan fingerprint density at radius 1 is 1.07 bits per heavy atom. The lowest BCUT2D eigenvalue weighted by atomic mass is 9.99. The standard InChI is InChI=1S/C23H25N3O3/c1-15-3-2-10-26(13-15)14-17-6-4-16(5-7-17)12-24-21(27)18-8-9-19-20(11-18)23(29)25-22(19)28/h4-9,11,15H,2-3,10,12-14H2,1H3,(H,24,27)(H,25,28,29). The topological polar surface area (TPSA) is 78.5 Å². The number of rotatable bonds is 5. The number of likely N-dealkylation sites (tertiary alicyclic amines) is 1. The van der Waals surface area contributed by atoms with E-state index < -0.39 is 11.8 Å². The number of benzene rings is 2. The van der Waals surface area contributed by atoms with Crippen molar-refractivity contribution in [2.24, 2.45) is 5.92 Å². The van der Waals surface area contributed by atoms with Crippen LogP contribution in [-0.2, 0) is 13.1 Å². The van der Waals surface area contributed by atoms with E-state index in [0.717, 1.165) is 31.1 Å². The van der Waals surface area contributed by atoms with Crippen LogP contribution < -0.4 is 10.6 Å². The molecule has 0 saturated carbocycles. The molecule has 1 saturated heterocycles. The maximum Gasteiger partial charge on any atom is 0.258 e. The molecule has 1 atom stereocenters. The number of piperidine rings is 1. The Balaban J connectivity index is 1.33. The number of fused-ring (bicyclic) bond motifs is 1. The van der Waals surface area contributed by atoms with Crippen molar-refractivity contribution in [3.63, 3.8) is 0 Å². The van der Waals surface area contributed by atoms with Gasteiger partial charge in [-0.15, -0.1) is 0 Å². The number of nitrogens with zero attached hydrogens (tertiary/aromatic N) is 1. The van der Waals surface area contributed by atoms with Crippen molar-refractivity contribution in [1.29, 1.82) is 0 Å². The van der Waals surface area contributed by atoms with Crippen LogP contribution in [0.25, 0.3) is 0 Å². The lowest BCUT2D eigenvalue weighted by molar-refractivity contribution is 0.0878. The van der Waals surface area contributed by atoms with Crippen molar-refractivity contribution >= 4 is 17.7 Å². The quantitative estimate of drug-likeness (QED) is 0.769. The van der Waals surface area contributed by atoms with Crippen LogP contribution in [0.15, 0.2) is 42.5 Å². The van der Waals surface area contributed by atoms with Crippen LogP contribution in [0.4, 0.5) is 0 Å². The molecule has 0 spiro atoms. The predicted octanol–water partition coefficient (Wildman–Crippen LogP) is 2.73. The first-order chi connectivity index (χ1) is 14.0. The molecule has 2 N–H and O–H groups in total. The Kier molecular flexibility index (Phi) is 5.45. The third kappa shape index (κ3) is 4.38. The first-order valence-electron chi connectivity index (χ1n) is 10.1. The van der Waals surface area contributed by atoms with Crippen LogP contribution in [0.5, 0.6) is 0 Å². The molecule has 0 bridgehead atoms. The van der Waals surface area contributed by atoms with Gasteiger partial charge in [0.25, 0.3) is 17.7 Å². The number of imide groups is 1. The zero-order chi connectivity index (χ0) is 20.4. The molecule has 0 aromatic heterocycles. The van der Waals surface area contributed by atoms with Gasteiger partial charge in [-0.3, -0.25) is 24.6 Å². The van der Waals surface area contributed by atoms with Crippen LogP contribution >= 0.6 is 0 Å². The van der Waals surface area contributed by atoms with Gasteiger partial charge in [-0.25, -0.2) is 0 Å². The molecule has 0 radical (unpaired) electrons. The smallest absolute Gasteiger partial charge is 0.258 e. The van der Waals surface area contributed by atoms with Crippen LogP contribution in [0, 0.1) is 5.92 Å². The maximum absolute atomic E-state index is 12.4. The first kappa shape index (κ1) is 19.3. The SMILES string of the molecule is CC1CCCN(Cc2ccc(CNC(=O)c3ccc4c(c3)C(=O)NC4=O)cc2)C1. The van der Waals surface area contributed by atoms with Gasteiger partial charge in [-0.05, 0) is 54.6 Å². The Morgan fingerprint density at radius 3 is 2.55 bits per heavy atom. The second-order valence-electron chi connectivity index (χ2n) is 8.03. The van der Waals surface area contributed by atoms with Crippen molar-refractivity contribution in [2.45, 2.75) is 32.9 Å². The van der Waals surface area contributed by atoms with E-state index in [1.165, 1.54) is 30.5 Å². The molecular weight excluding hydrogens is 366 g/mol. The molecule has 2 aliphatic heterocycles. The summed E-state index contributed by atoms with van der Waals surface area (Å²) >= 11 is 0. The molecule has 2 aromatic carbocycles. The van der Waals surface area contributed by atoms with E-state index in [2.05, 4.69) is 34.6 Å². The Bertz CT molecular complexity index is 952. The minimum Gasteiger partial charge on any atom is -0.348 e. The molecule has 0 aliphatic carbocycles. The summed E-state index contributed by atoms with van der Waals surface area (Å²) in [5.41, 5.74) is 3.22. The lowest BCUT2D eigenvalue weighted by Crippen LogP contribution is -2.33. The fourth-order valence-corrected chi connectivity index (χ4v) is 4.04. The van der Waals surface area contributed by atoms with E-state index in [1.54, 1.807) is 6.07 Å². The third-order valence-corrected chi connectivity index (χ3v) is 5.62. The summed E-state index contributed by atoms with van der Waals surface area (Å²) in [6, 6.07) is 12.9. The number of hydrogen-bond donors (Lipinski definition) is 2. The largest absolute Gasteiger partial charge is 0.348 e. The molecule has 29 heavy (non-hydrogen) atoms. The van der Waals surface area contributed by atoms with Gasteiger partial charge >= 0.3 is 0 Å². The summed E-state index contributed by atoms with van der Waals surface area (Å²) in [5, 5.41) is 5.10. The lowest BCUT2D eigenvalue weighted by Gasteiger charge is -2.30. The first-order valence-corrected chi connectivity index (χ1v) is 10.1. The zero-order valence-corrected chi connectivity index (χ0v) is 16.5. The van der Waals surface area contributed by atoms with Crippen LogP contribution in [0.1, 0.15) is 62.0 Å². The van der Waals surface area contributed by atoms with Gasteiger partial charge < -0.3 is 5.32 Å². The van der Waals surface area contributed by atoms with Gasteiger partial charge in [0.05, 0.1) is 11.1 Å². The minimum absolute atomic E-state index is 0.249. The average molecular weight is 391 g/mol. The van der Waals surface area contributed by atoms with Crippen molar-refractivity contribution < 1.29 is 14.4 Å². The summed E-state index contributed by atoms with van der Waals surface area (Å²) in [6.07, 6.45) is 2.59. The molecule has 4 rings (SSSR count). The van der Waals surface area contributed by atoms with E-state index in [-0.39, 0.29) is 11.5 Å². The molecule has 6 nitrogen and oxygen atoms in total. The molecule has 2 heterocycles. The highest BCUT2D eigenvalue weighted by molar-refractivity contribution is 6.22. The van der Waals surface area contributed by atoms with E-state index in [0.29, 0.717) is 17.7 Å². The van der Waals surface area contributed by atoms with Gasteiger partial charge in [0, 0.05) is 25.2 Å². The second kappa shape index (κ2) is 8.17. The minimum atomic E-state index is -0.460. The molecule has 6 heteroatoms. The Labute approximate surface area is 170 Å². The third-order valence-electron chi connectivity index (χ3n) is 5.62. The van der Waals surface area contributed by atoms with Crippen molar-refractivity contribution in [2.75, 3.05) is 13.1 Å². The monoisotopic (exact) mass is 391 g/mol. The summed E-state index contributed by atoms with van der Waals surface area (Å²) in [6.45, 7) is 5.99. The van der Waals surface area contributed by atoms with Gasteiger partial charge in [0.15, 0.2) is 0 Å². The molecule has 3 amide bonds. The summed E-state index contributed by atoms with van der Waals surface area (Å²) < 4.78 is 0. The Morgan fingerprint density at radius 2 is 1.79 bits per heavy atom. The van der Waals surface area contributed by atoms with Crippen LogP contribution in [-0.4, -0.2) is 35.7 Å². The Hall–Kier alpha value is -2.99. The second-order valence-corrected chi connectivity index (χ2v) is 8.03. The van der Waals surface area contributed by atoms with E-state index in [9.17, 15) is 14.4 Å². The number of hydrogen-bond acceptors (Lipinski definition) is 4. The van der Waals surface area contributed by atoms with Crippen LogP contribution in [0.2, 0.25) is 0 Å². The van der Waals surface area contributed by atoms with Gasteiger partial charge in [0.1, 0.15) is 0 Å². The number of carbonyl (C=O) groups excluding carboxylic acids is 3. The van der Waals surface area contributed by atoms with Gasteiger partial charge in [-0.2, -0.15) is 0 Å². The molecule has 150 valence electrons. The number of nitrogens with one attached hydrogen (secondary N) is 2. The maximum atomic E-state index is 12.4. The van der Waals surface area contributed by atoms with Gasteiger partial charge in [-0.1, -0.05) is 31.2 Å². The van der Waals surface area contributed by atoms with Crippen LogP contribution in [0.3, 0.4) is 0 Å². The van der Waals surface area contributed by atoms with E-state index >= 15 is 0 Å². The normalized spacial score (nSPS) is 19.0. The van der Waals surface area contributed by atoms with Crippen molar-refractivity contribution in [3.05, 3.63) is 70.3 Å². The molecule has 2 aliphatic rings. The fraction of sp³-hybridized carbons (Fsp3) is 0.348. The van der Waals surface area contributed by atoms with E-state index in [4.69, 9.17) is 0 Å². The number of amides is 3. The average Bonchev–Trinajstić information content (AvgIpc) is 3.00. The van der Waals surface area contributed by atoms with Crippen molar-refractivity contribution in [1.82, 2.24) is 15.5 Å². The van der Waals surface area contributed by atoms with E-state index in [1.807, 2.05) is 12.1 Å². The summed E-state index contributed by atoms with van der Waals surface area (Å²) in [7, 11) is 0. The highest BCUT2D eigenvalue weighted by Crippen LogP contribution is 2.19. The van der Waals surface area contributed by atoms with Crippen molar-refractivity contribution in [3.8, 4) is 0 Å². The highest BCUT2D eigenvalue weighted by atomic mass is 16.2. The fourth-order valence-electron chi connectivity index (χ4n) is 4.04.